The van der Waals surface area contributed by atoms with Gasteiger partial charge in [-0.1, -0.05) is 12.8 Å². The van der Waals surface area contributed by atoms with Crippen molar-refractivity contribution in [3.63, 3.8) is 0 Å². The van der Waals surface area contributed by atoms with Crippen molar-refractivity contribution in [3.05, 3.63) is 29.3 Å². The molecule has 1 aliphatic carbocycles. The maximum atomic E-state index is 12.8. The van der Waals surface area contributed by atoms with E-state index in [1.54, 1.807) is 0 Å². The summed E-state index contributed by atoms with van der Waals surface area (Å²) in [6, 6.07) is 5.76. The maximum Gasteiger partial charge on any atom is 0.253 e. The molecule has 0 aromatic heterocycles. The molecule has 5 heteroatoms. The van der Waals surface area contributed by atoms with Crippen molar-refractivity contribution in [2.45, 2.75) is 38.5 Å². The number of carbonyl (C=O) groups excluding carboxylic acids is 2. The van der Waals surface area contributed by atoms with Gasteiger partial charge in [0.15, 0.2) is 0 Å². The Hall–Kier alpha value is -2.04. The topological polar surface area (TPSA) is 49.9 Å². The van der Waals surface area contributed by atoms with Gasteiger partial charge < -0.3 is 14.5 Å². The molecule has 2 amide bonds. The zero-order chi connectivity index (χ0) is 17.2. The quantitative estimate of drug-likeness (QED) is 0.830. The molecule has 4 rings (SSSR count). The van der Waals surface area contributed by atoms with Crippen LogP contribution in [0.5, 0.6) is 5.75 Å². The highest BCUT2D eigenvalue weighted by Gasteiger charge is 2.30. The fraction of sp³-hybridized carbons (Fsp3) is 0.600. The summed E-state index contributed by atoms with van der Waals surface area (Å²) in [4.78, 5) is 29.2. The van der Waals surface area contributed by atoms with E-state index < -0.39 is 0 Å². The number of hydrogen-bond acceptors (Lipinski definition) is 3. The fourth-order valence-electron chi connectivity index (χ4n) is 4.24. The van der Waals surface area contributed by atoms with Crippen molar-refractivity contribution in [3.8, 4) is 5.75 Å². The van der Waals surface area contributed by atoms with E-state index in [2.05, 4.69) is 0 Å². The van der Waals surface area contributed by atoms with Crippen LogP contribution < -0.4 is 4.74 Å². The van der Waals surface area contributed by atoms with E-state index in [0.29, 0.717) is 32.1 Å². The highest BCUT2D eigenvalue weighted by atomic mass is 16.5. The van der Waals surface area contributed by atoms with Gasteiger partial charge in [-0.25, -0.2) is 0 Å². The number of carbonyl (C=O) groups is 2. The van der Waals surface area contributed by atoms with Crippen molar-refractivity contribution in [1.29, 1.82) is 0 Å². The minimum Gasteiger partial charge on any atom is -0.493 e. The van der Waals surface area contributed by atoms with Gasteiger partial charge in [-0.15, -0.1) is 0 Å². The van der Waals surface area contributed by atoms with Gasteiger partial charge in [-0.05, 0) is 49.4 Å². The SMILES string of the molecule is O=C(c1ccc2c(c1)CCCO2)N1CCN(C(=O)C2CCCC2)CC1. The average Bonchev–Trinajstić information content (AvgIpc) is 3.21. The van der Waals surface area contributed by atoms with E-state index in [1.807, 2.05) is 28.0 Å². The average molecular weight is 342 g/mol. The van der Waals surface area contributed by atoms with Crippen LogP contribution >= 0.6 is 0 Å². The van der Waals surface area contributed by atoms with Crippen LogP contribution in [0.2, 0.25) is 0 Å². The third-order valence-electron chi connectivity index (χ3n) is 5.74. The number of rotatable bonds is 2. The summed E-state index contributed by atoms with van der Waals surface area (Å²) in [6.07, 6.45) is 6.41. The van der Waals surface area contributed by atoms with E-state index in [4.69, 9.17) is 4.74 Å². The van der Waals surface area contributed by atoms with Crippen molar-refractivity contribution >= 4 is 11.8 Å². The van der Waals surface area contributed by atoms with Crippen molar-refractivity contribution in [1.82, 2.24) is 9.80 Å². The molecule has 3 aliphatic rings. The van der Waals surface area contributed by atoms with E-state index in [-0.39, 0.29) is 11.8 Å². The van der Waals surface area contributed by atoms with Crippen LogP contribution in [0.1, 0.15) is 48.0 Å². The molecule has 1 saturated carbocycles. The molecule has 1 aromatic rings. The number of amides is 2. The van der Waals surface area contributed by atoms with Gasteiger partial charge in [-0.3, -0.25) is 9.59 Å². The highest BCUT2D eigenvalue weighted by Crippen LogP contribution is 2.28. The monoisotopic (exact) mass is 342 g/mol. The first-order chi connectivity index (χ1) is 12.2. The zero-order valence-corrected chi connectivity index (χ0v) is 14.7. The molecule has 0 N–H and O–H groups in total. The van der Waals surface area contributed by atoms with Gasteiger partial charge in [0.2, 0.25) is 5.91 Å². The van der Waals surface area contributed by atoms with Crippen LogP contribution in [0, 0.1) is 5.92 Å². The Morgan fingerprint density at radius 2 is 1.68 bits per heavy atom. The predicted molar refractivity (Wildman–Crippen MR) is 94.7 cm³/mol. The molecule has 1 saturated heterocycles. The molecule has 0 atom stereocenters. The van der Waals surface area contributed by atoms with Crippen LogP contribution in [0.15, 0.2) is 18.2 Å². The van der Waals surface area contributed by atoms with Gasteiger partial charge in [0.25, 0.3) is 5.91 Å². The van der Waals surface area contributed by atoms with Gasteiger partial charge >= 0.3 is 0 Å². The predicted octanol–water partition coefficient (Wildman–Crippen LogP) is 2.49. The van der Waals surface area contributed by atoms with Gasteiger partial charge in [0.05, 0.1) is 6.61 Å². The second-order valence-corrected chi connectivity index (χ2v) is 7.37. The molecule has 1 aromatic carbocycles. The van der Waals surface area contributed by atoms with Gasteiger partial charge in [0.1, 0.15) is 5.75 Å². The first-order valence-electron chi connectivity index (χ1n) is 9.56. The molecule has 0 radical (unpaired) electrons. The van der Waals surface area contributed by atoms with Crippen LogP contribution in [0.25, 0.3) is 0 Å². The zero-order valence-electron chi connectivity index (χ0n) is 14.7. The molecule has 25 heavy (non-hydrogen) atoms. The summed E-state index contributed by atoms with van der Waals surface area (Å²) >= 11 is 0. The van der Waals surface area contributed by atoms with E-state index in [9.17, 15) is 9.59 Å². The number of aryl methyl sites for hydroxylation is 1. The van der Waals surface area contributed by atoms with E-state index in [0.717, 1.165) is 49.2 Å². The van der Waals surface area contributed by atoms with Crippen molar-refractivity contribution in [2.75, 3.05) is 32.8 Å². The highest BCUT2D eigenvalue weighted by molar-refractivity contribution is 5.95. The van der Waals surface area contributed by atoms with Crippen LogP contribution in [-0.4, -0.2) is 54.4 Å². The lowest BCUT2D eigenvalue weighted by molar-refractivity contribution is -0.136. The normalized spacial score (nSPS) is 21.0. The number of nitrogens with zero attached hydrogens (tertiary/aromatic N) is 2. The molecule has 134 valence electrons. The van der Waals surface area contributed by atoms with Crippen LogP contribution in [0.3, 0.4) is 0 Å². The largest absolute Gasteiger partial charge is 0.493 e. The van der Waals surface area contributed by atoms with Crippen LogP contribution in [-0.2, 0) is 11.2 Å². The summed E-state index contributed by atoms with van der Waals surface area (Å²) in [5.74, 6) is 1.51. The Bertz CT molecular complexity index is 659. The summed E-state index contributed by atoms with van der Waals surface area (Å²) in [7, 11) is 0. The number of benzene rings is 1. The molecular weight excluding hydrogens is 316 g/mol. The minimum atomic E-state index is 0.0707. The minimum absolute atomic E-state index is 0.0707. The van der Waals surface area contributed by atoms with Crippen LogP contribution in [0.4, 0.5) is 0 Å². The first-order valence-corrected chi connectivity index (χ1v) is 9.56. The number of hydrogen-bond donors (Lipinski definition) is 0. The third kappa shape index (κ3) is 3.37. The van der Waals surface area contributed by atoms with Gasteiger partial charge in [0, 0.05) is 37.7 Å². The summed E-state index contributed by atoms with van der Waals surface area (Å²) in [5, 5.41) is 0. The molecule has 2 aliphatic heterocycles. The number of ether oxygens (including phenoxy) is 1. The summed E-state index contributed by atoms with van der Waals surface area (Å²) in [5.41, 5.74) is 1.87. The van der Waals surface area contributed by atoms with Gasteiger partial charge in [-0.2, -0.15) is 0 Å². The molecule has 0 spiro atoms. The molecule has 2 fully saturated rings. The van der Waals surface area contributed by atoms with Crippen molar-refractivity contribution < 1.29 is 14.3 Å². The lowest BCUT2D eigenvalue weighted by Gasteiger charge is -2.36. The van der Waals surface area contributed by atoms with Crippen molar-refractivity contribution in [2.24, 2.45) is 5.92 Å². The fourth-order valence-corrected chi connectivity index (χ4v) is 4.24. The Labute approximate surface area is 148 Å². The Balaban J connectivity index is 1.37. The van der Waals surface area contributed by atoms with E-state index >= 15 is 0 Å². The standard InChI is InChI=1S/C20H26N2O3/c23-19(15-4-1-2-5-15)21-9-11-22(12-10-21)20(24)17-7-8-18-16(14-17)6-3-13-25-18/h7-8,14-15H,1-6,9-13H2. The molecule has 0 bridgehead atoms. The molecule has 0 unspecified atom stereocenters. The first kappa shape index (κ1) is 16.4. The molecule has 5 nitrogen and oxygen atoms in total. The summed E-state index contributed by atoms with van der Waals surface area (Å²) < 4.78 is 5.62. The smallest absolute Gasteiger partial charge is 0.253 e. The lowest BCUT2D eigenvalue weighted by atomic mass is 10.0. The molecule has 2 heterocycles. The Morgan fingerprint density at radius 1 is 0.960 bits per heavy atom. The summed E-state index contributed by atoms with van der Waals surface area (Å²) in [6.45, 7) is 3.34. The maximum absolute atomic E-state index is 12.8. The Kier molecular flexibility index (Phi) is 4.64. The second-order valence-electron chi connectivity index (χ2n) is 7.37. The van der Waals surface area contributed by atoms with E-state index in [1.165, 1.54) is 12.8 Å². The third-order valence-corrected chi connectivity index (χ3v) is 5.74. The lowest BCUT2D eigenvalue weighted by Crippen LogP contribution is -2.51. The number of fused-ring (bicyclic) bond motifs is 1. The number of piperazine rings is 1. The second kappa shape index (κ2) is 7.06. The molecular formula is C20H26N2O3. The Morgan fingerprint density at radius 3 is 2.44 bits per heavy atom.